The Bertz CT molecular complexity index is 1170. The number of nitrogens with zero attached hydrogens (tertiary/aromatic N) is 5. The van der Waals surface area contributed by atoms with E-state index in [4.69, 9.17) is 14.0 Å². The van der Waals surface area contributed by atoms with Crippen LogP contribution < -0.4 is 4.74 Å². The highest BCUT2D eigenvalue weighted by molar-refractivity contribution is 7.98. The summed E-state index contributed by atoms with van der Waals surface area (Å²) in [5.74, 6) is 1.71. The molecule has 0 fully saturated rings. The zero-order chi connectivity index (χ0) is 21.2. The van der Waals surface area contributed by atoms with Crippen molar-refractivity contribution in [3.8, 4) is 28.7 Å². The maximum atomic E-state index is 6.09. The first-order chi connectivity index (χ1) is 15.2. The number of hydrogen-bond donors (Lipinski definition) is 0. The molecular weight excluding hydrogens is 414 g/mol. The molecule has 0 aliphatic carbocycles. The number of ether oxygens (including phenoxy) is 2. The molecule has 158 valence electrons. The Balaban J connectivity index is 1.34. The van der Waals surface area contributed by atoms with Crippen LogP contribution in [0.25, 0.3) is 23.0 Å². The quantitative estimate of drug-likeness (QED) is 0.412. The van der Waals surface area contributed by atoms with Crippen LogP contribution in [0.2, 0.25) is 0 Å². The van der Waals surface area contributed by atoms with Gasteiger partial charge in [-0.2, -0.15) is 4.98 Å². The Morgan fingerprint density at radius 1 is 1.13 bits per heavy atom. The number of benzene rings is 2. The molecule has 1 aliphatic rings. The lowest BCUT2D eigenvalue weighted by molar-refractivity contribution is -0.00119. The lowest BCUT2D eigenvalue weighted by atomic mass is 10.1. The number of rotatable bonds is 6. The molecule has 0 N–H and O–H groups in total. The van der Waals surface area contributed by atoms with Gasteiger partial charge in [0.2, 0.25) is 5.82 Å². The van der Waals surface area contributed by atoms with Gasteiger partial charge in [-0.3, -0.25) is 0 Å². The summed E-state index contributed by atoms with van der Waals surface area (Å²) in [5, 5.41) is 12.7. The SMILES string of the molecule is CCOc1ccc([C@@H]2Cn3nnc(-c4nc(-c5ccc(SC)cc5)no4)c3CO2)cc1. The minimum Gasteiger partial charge on any atom is -0.494 e. The van der Waals surface area contributed by atoms with Crippen molar-refractivity contribution in [3.63, 3.8) is 0 Å². The summed E-state index contributed by atoms with van der Waals surface area (Å²) in [5.41, 5.74) is 3.35. The molecule has 0 amide bonds. The first-order valence-corrected chi connectivity index (χ1v) is 11.2. The van der Waals surface area contributed by atoms with E-state index in [1.165, 1.54) is 4.90 Å². The van der Waals surface area contributed by atoms with E-state index in [0.717, 1.165) is 22.6 Å². The van der Waals surface area contributed by atoms with Gasteiger partial charge in [-0.1, -0.05) is 22.5 Å². The van der Waals surface area contributed by atoms with Gasteiger partial charge >= 0.3 is 0 Å². The molecule has 0 unspecified atom stereocenters. The average molecular weight is 436 g/mol. The van der Waals surface area contributed by atoms with Gasteiger partial charge in [-0.25, -0.2) is 4.68 Å². The predicted octanol–water partition coefficient (Wildman–Crippen LogP) is 4.39. The average Bonchev–Trinajstić information content (AvgIpc) is 3.46. The minimum atomic E-state index is -0.106. The van der Waals surface area contributed by atoms with Crippen LogP contribution in [-0.4, -0.2) is 38.0 Å². The standard InChI is InChI=1S/C22H21N5O3S/c1-3-28-16-8-4-14(5-9-16)19-12-27-18(13-29-19)20(24-26-27)22-23-21(25-30-22)15-6-10-17(31-2)11-7-15/h4-11,19H,3,12-13H2,1-2H3/t19-/m0/s1. The Kier molecular flexibility index (Phi) is 5.44. The van der Waals surface area contributed by atoms with Crippen molar-refractivity contribution in [2.75, 3.05) is 12.9 Å². The van der Waals surface area contributed by atoms with Crippen molar-refractivity contribution in [2.24, 2.45) is 0 Å². The normalized spacial score (nSPS) is 15.6. The van der Waals surface area contributed by atoms with Gasteiger partial charge in [-0.15, -0.1) is 16.9 Å². The Hall–Kier alpha value is -3.17. The molecule has 4 aromatic rings. The Labute approximate surface area is 183 Å². The van der Waals surface area contributed by atoms with Gasteiger partial charge in [0.25, 0.3) is 5.89 Å². The van der Waals surface area contributed by atoms with Crippen molar-refractivity contribution >= 4 is 11.8 Å². The van der Waals surface area contributed by atoms with Crippen LogP contribution in [0.1, 0.15) is 24.3 Å². The molecule has 31 heavy (non-hydrogen) atoms. The summed E-state index contributed by atoms with van der Waals surface area (Å²) in [6.45, 7) is 3.54. The number of hydrogen-bond acceptors (Lipinski definition) is 8. The van der Waals surface area contributed by atoms with Crippen molar-refractivity contribution in [2.45, 2.75) is 31.1 Å². The molecule has 1 aliphatic heterocycles. The first kappa shape index (κ1) is 19.8. The van der Waals surface area contributed by atoms with E-state index in [9.17, 15) is 0 Å². The second-order valence-electron chi connectivity index (χ2n) is 7.02. The molecule has 0 radical (unpaired) electrons. The van der Waals surface area contributed by atoms with E-state index in [1.54, 1.807) is 11.8 Å². The summed E-state index contributed by atoms with van der Waals surface area (Å²) in [7, 11) is 0. The van der Waals surface area contributed by atoms with Crippen LogP contribution in [0.15, 0.2) is 57.9 Å². The van der Waals surface area contributed by atoms with Gasteiger partial charge in [0, 0.05) is 10.5 Å². The third kappa shape index (κ3) is 3.94. The molecule has 2 aromatic carbocycles. The Morgan fingerprint density at radius 2 is 1.94 bits per heavy atom. The second kappa shape index (κ2) is 8.52. The van der Waals surface area contributed by atoms with Crippen LogP contribution in [0.5, 0.6) is 5.75 Å². The number of thioether (sulfide) groups is 1. The van der Waals surface area contributed by atoms with Crippen LogP contribution in [0.4, 0.5) is 0 Å². The van der Waals surface area contributed by atoms with E-state index in [1.807, 2.05) is 66.4 Å². The van der Waals surface area contributed by atoms with Crippen LogP contribution in [0.3, 0.4) is 0 Å². The van der Waals surface area contributed by atoms with Crippen molar-refractivity contribution in [3.05, 3.63) is 59.8 Å². The first-order valence-electron chi connectivity index (χ1n) is 10.0. The third-order valence-electron chi connectivity index (χ3n) is 5.14. The molecule has 0 saturated carbocycles. The maximum Gasteiger partial charge on any atom is 0.280 e. The molecule has 3 heterocycles. The molecule has 8 nitrogen and oxygen atoms in total. The summed E-state index contributed by atoms with van der Waals surface area (Å²) in [4.78, 5) is 5.70. The van der Waals surface area contributed by atoms with Gasteiger partial charge in [0.05, 0.1) is 25.5 Å². The summed E-state index contributed by atoms with van der Waals surface area (Å²) in [6.07, 6.45) is 1.93. The van der Waals surface area contributed by atoms with Gasteiger partial charge in [0.15, 0.2) is 5.69 Å². The molecule has 2 aromatic heterocycles. The topological polar surface area (TPSA) is 88.1 Å². The van der Waals surface area contributed by atoms with Gasteiger partial charge < -0.3 is 14.0 Å². The van der Waals surface area contributed by atoms with Gasteiger partial charge in [-0.05, 0) is 55.1 Å². The van der Waals surface area contributed by atoms with E-state index < -0.39 is 0 Å². The molecule has 0 bridgehead atoms. The lowest BCUT2D eigenvalue weighted by Gasteiger charge is -2.24. The van der Waals surface area contributed by atoms with Gasteiger partial charge in [0.1, 0.15) is 11.9 Å². The highest BCUT2D eigenvalue weighted by Gasteiger charge is 2.28. The molecule has 5 rings (SSSR count). The molecule has 9 heteroatoms. The smallest absolute Gasteiger partial charge is 0.280 e. The van der Waals surface area contributed by atoms with E-state index >= 15 is 0 Å². The van der Waals surface area contributed by atoms with Crippen LogP contribution in [0, 0.1) is 0 Å². The van der Waals surface area contributed by atoms with E-state index in [0.29, 0.717) is 37.2 Å². The van der Waals surface area contributed by atoms with Crippen molar-refractivity contribution in [1.29, 1.82) is 0 Å². The second-order valence-corrected chi connectivity index (χ2v) is 7.90. The molecule has 1 atom stereocenters. The van der Waals surface area contributed by atoms with Crippen molar-refractivity contribution < 1.29 is 14.0 Å². The fourth-order valence-corrected chi connectivity index (χ4v) is 3.91. The summed E-state index contributed by atoms with van der Waals surface area (Å²) >= 11 is 1.69. The summed E-state index contributed by atoms with van der Waals surface area (Å²) in [6, 6.07) is 16.0. The fraction of sp³-hybridized carbons (Fsp3) is 0.273. The van der Waals surface area contributed by atoms with Crippen LogP contribution >= 0.6 is 11.8 Å². The lowest BCUT2D eigenvalue weighted by Crippen LogP contribution is -2.22. The Morgan fingerprint density at radius 3 is 2.68 bits per heavy atom. The zero-order valence-corrected chi connectivity index (χ0v) is 18.0. The fourth-order valence-electron chi connectivity index (χ4n) is 3.50. The maximum absolute atomic E-state index is 6.09. The summed E-state index contributed by atoms with van der Waals surface area (Å²) < 4.78 is 18.9. The largest absolute Gasteiger partial charge is 0.494 e. The third-order valence-corrected chi connectivity index (χ3v) is 5.88. The van der Waals surface area contributed by atoms with Crippen molar-refractivity contribution in [1.82, 2.24) is 25.1 Å². The monoisotopic (exact) mass is 435 g/mol. The zero-order valence-electron chi connectivity index (χ0n) is 17.2. The predicted molar refractivity (Wildman–Crippen MR) is 116 cm³/mol. The minimum absolute atomic E-state index is 0.106. The van der Waals surface area contributed by atoms with Crippen LogP contribution in [-0.2, 0) is 17.9 Å². The number of aromatic nitrogens is 5. The highest BCUT2D eigenvalue weighted by Crippen LogP contribution is 2.31. The highest BCUT2D eigenvalue weighted by atomic mass is 32.2. The van der Waals surface area contributed by atoms with E-state index in [-0.39, 0.29) is 6.10 Å². The molecule has 0 spiro atoms. The number of fused-ring (bicyclic) bond motifs is 1. The molecule has 0 saturated heterocycles. The molecular formula is C22H21N5O3S. The van der Waals surface area contributed by atoms with E-state index in [2.05, 4.69) is 20.5 Å².